The van der Waals surface area contributed by atoms with Crippen molar-refractivity contribution in [2.45, 2.75) is 37.3 Å². The lowest BCUT2D eigenvalue weighted by Crippen LogP contribution is -2.52. The Labute approximate surface area is 209 Å². The molecule has 2 atom stereocenters. The number of fused-ring (bicyclic) bond motifs is 3. The Morgan fingerprint density at radius 2 is 1.60 bits per heavy atom. The Kier molecular flexibility index (Phi) is 9.98. The number of nitrogens with one attached hydrogen (secondary N) is 2. The van der Waals surface area contributed by atoms with Gasteiger partial charge in [-0.1, -0.05) is 48.5 Å². The number of amides is 2. The number of carboxylic acids is 1. The predicted molar refractivity (Wildman–Crippen MR) is 136 cm³/mol. The molecule has 8 nitrogen and oxygen atoms in total. The summed E-state index contributed by atoms with van der Waals surface area (Å²) in [5.41, 5.74) is 4.45. The number of hydrogen-bond donors (Lipinski definition) is 3. The van der Waals surface area contributed by atoms with E-state index in [0.29, 0.717) is 25.2 Å². The van der Waals surface area contributed by atoms with Crippen molar-refractivity contribution in [3.63, 3.8) is 0 Å². The summed E-state index contributed by atoms with van der Waals surface area (Å²) < 4.78 is 10.5. The molecule has 188 valence electrons. The molecule has 3 rings (SSSR count). The Morgan fingerprint density at radius 3 is 2.17 bits per heavy atom. The summed E-state index contributed by atoms with van der Waals surface area (Å²) in [6.07, 6.45) is 2.26. The number of methoxy groups -OCH3 is 1. The first kappa shape index (κ1) is 26.6. The quantitative estimate of drug-likeness (QED) is 0.360. The van der Waals surface area contributed by atoms with E-state index in [-0.39, 0.29) is 18.9 Å². The number of aliphatic carboxylic acids is 1. The van der Waals surface area contributed by atoms with Crippen LogP contribution in [0.4, 0.5) is 4.79 Å². The van der Waals surface area contributed by atoms with Crippen LogP contribution >= 0.6 is 11.8 Å². The van der Waals surface area contributed by atoms with Crippen LogP contribution < -0.4 is 10.6 Å². The first-order valence-electron chi connectivity index (χ1n) is 11.6. The number of thioether (sulfide) groups is 1. The minimum Gasteiger partial charge on any atom is -0.480 e. The van der Waals surface area contributed by atoms with E-state index in [1.165, 1.54) is 18.9 Å². The van der Waals surface area contributed by atoms with Crippen LogP contribution in [0.5, 0.6) is 0 Å². The molecule has 0 heterocycles. The summed E-state index contributed by atoms with van der Waals surface area (Å²) in [4.78, 5) is 37.1. The molecule has 1 aliphatic carbocycles. The SMILES string of the molecule is COCCCC(NC(=O)[C@@H](CCSC)NC(=O)OCC1c2ccccc2-c2ccccc21)C(=O)O. The molecule has 0 aliphatic heterocycles. The van der Waals surface area contributed by atoms with Gasteiger partial charge < -0.3 is 25.2 Å². The van der Waals surface area contributed by atoms with E-state index < -0.39 is 30.1 Å². The maximum absolute atomic E-state index is 12.8. The molecule has 35 heavy (non-hydrogen) atoms. The Balaban J connectivity index is 1.62. The van der Waals surface area contributed by atoms with Crippen molar-refractivity contribution in [1.29, 1.82) is 0 Å². The second-order valence-electron chi connectivity index (χ2n) is 8.34. The zero-order chi connectivity index (χ0) is 25.2. The van der Waals surface area contributed by atoms with Crippen LogP contribution in [0.1, 0.15) is 36.3 Å². The molecule has 0 saturated carbocycles. The summed E-state index contributed by atoms with van der Waals surface area (Å²) in [6, 6.07) is 14.1. The highest BCUT2D eigenvalue weighted by molar-refractivity contribution is 7.98. The molecule has 0 bridgehead atoms. The van der Waals surface area contributed by atoms with Gasteiger partial charge in [0.1, 0.15) is 18.7 Å². The second-order valence-corrected chi connectivity index (χ2v) is 9.32. The predicted octanol–water partition coefficient (Wildman–Crippen LogP) is 3.64. The first-order valence-corrected chi connectivity index (χ1v) is 13.0. The van der Waals surface area contributed by atoms with Crippen molar-refractivity contribution in [2.75, 3.05) is 32.3 Å². The van der Waals surface area contributed by atoms with Crippen LogP contribution in [0.15, 0.2) is 48.5 Å². The standard InChI is InChI=1S/C26H32N2O6S/c1-33-14-7-12-23(25(30)31)27-24(29)22(13-15-35-2)28-26(32)34-16-21-19-10-5-3-8-17(19)18-9-4-6-11-20(18)21/h3-6,8-11,21-23H,7,12-16H2,1-2H3,(H,27,29)(H,28,32)(H,30,31)/t22-,23?/m1/s1. The Hall–Kier alpha value is -3.04. The van der Waals surface area contributed by atoms with Gasteiger partial charge in [0, 0.05) is 19.6 Å². The molecule has 1 aliphatic rings. The van der Waals surface area contributed by atoms with E-state index in [2.05, 4.69) is 22.8 Å². The van der Waals surface area contributed by atoms with Crippen LogP contribution in [-0.2, 0) is 19.1 Å². The van der Waals surface area contributed by atoms with E-state index >= 15 is 0 Å². The number of rotatable bonds is 13. The van der Waals surface area contributed by atoms with Gasteiger partial charge in [0.25, 0.3) is 0 Å². The summed E-state index contributed by atoms with van der Waals surface area (Å²) in [5.74, 6) is -1.15. The average molecular weight is 501 g/mol. The zero-order valence-electron chi connectivity index (χ0n) is 20.0. The lowest BCUT2D eigenvalue weighted by Gasteiger charge is -2.22. The van der Waals surface area contributed by atoms with Crippen molar-refractivity contribution in [3.05, 3.63) is 59.7 Å². The largest absolute Gasteiger partial charge is 0.480 e. The minimum atomic E-state index is -1.13. The van der Waals surface area contributed by atoms with Gasteiger partial charge in [0.2, 0.25) is 5.91 Å². The number of alkyl carbamates (subject to hydrolysis) is 1. The van der Waals surface area contributed by atoms with E-state index in [4.69, 9.17) is 9.47 Å². The van der Waals surface area contributed by atoms with Crippen LogP contribution in [-0.4, -0.2) is 67.5 Å². The molecule has 1 unspecified atom stereocenters. The number of carboxylic acid groups (broad SMARTS) is 1. The van der Waals surface area contributed by atoms with E-state index in [9.17, 15) is 19.5 Å². The average Bonchev–Trinajstić information content (AvgIpc) is 3.18. The minimum absolute atomic E-state index is 0.0937. The van der Waals surface area contributed by atoms with Gasteiger partial charge in [0.05, 0.1) is 0 Å². The van der Waals surface area contributed by atoms with Crippen molar-refractivity contribution >= 4 is 29.7 Å². The highest BCUT2D eigenvalue weighted by Crippen LogP contribution is 2.44. The van der Waals surface area contributed by atoms with Gasteiger partial charge in [-0.05, 0) is 53.5 Å². The molecule has 0 spiro atoms. The van der Waals surface area contributed by atoms with Gasteiger partial charge in [-0.15, -0.1) is 0 Å². The molecule has 2 aromatic rings. The molecule has 9 heteroatoms. The topological polar surface area (TPSA) is 114 Å². The third-order valence-electron chi connectivity index (χ3n) is 6.02. The molecular formula is C26H32N2O6S. The maximum Gasteiger partial charge on any atom is 0.407 e. The second kappa shape index (κ2) is 13.2. The first-order chi connectivity index (χ1) is 17.0. The Bertz CT molecular complexity index is 985. The summed E-state index contributed by atoms with van der Waals surface area (Å²) >= 11 is 1.53. The zero-order valence-corrected chi connectivity index (χ0v) is 20.8. The Morgan fingerprint density at radius 1 is 0.971 bits per heavy atom. The fourth-order valence-corrected chi connectivity index (χ4v) is 4.72. The summed E-state index contributed by atoms with van der Waals surface area (Å²) in [6.45, 7) is 0.527. The molecule has 2 amide bonds. The number of benzene rings is 2. The van der Waals surface area contributed by atoms with Gasteiger partial charge in [0.15, 0.2) is 0 Å². The highest BCUT2D eigenvalue weighted by atomic mass is 32.2. The van der Waals surface area contributed by atoms with Crippen molar-refractivity contribution in [3.8, 4) is 11.1 Å². The summed E-state index contributed by atoms with van der Waals surface area (Å²) in [7, 11) is 1.53. The van der Waals surface area contributed by atoms with Crippen LogP contribution in [0.2, 0.25) is 0 Å². The van der Waals surface area contributed by atoms with E-state index in [1.807, 2.05) is 42.7 Å². The number of carbonyl (C=O) groups excluding carboxylic acids is 2. The fraction of sp³-hybridized carbons (Fsp3) is 0.423. The molecule has 2 aromatic carbocycles. The van der Waals surface area contributed by atoms with Crippen molar-refractivity contribution < 1.29 is 29.0 Å². The van der Waals surface area contributed by atoms with Gasteiger partial charge >= 0.3 is 12.1 Å². The van der Waals surface area contributed by atoms with Crippen LogP contribution in [0.25, 0.3) is 11.1 Å². The lowest BCUT2D eigenvalue weighted by molar-refractivity contribution is -0.142. The van der Waals surface area contributed by atoms with E-state index in [1.54, 1.807) is 0 Å². The monoisotopic (exact) mass is 500 g/mol. The van der Waals surface area contributed by atoms with Gasteiger partial charge in [-0.3, -0.25) is 4.79 Å². The molecular weight excluding hydrogens is 468 g/mol. The van der Waals surface area contributed by atoms with Gasteiger partial charge in [-0.25, -0.2) is 9.59 Å². The maximum atomic E-state index is 12.8. The molecule has 0 saturated heterocycles. The molecule has 0 radical (unpaired) electrons. The normalized spacial score (nSPS) is 13.9. The third-order valence-corrected chi connectivity index (χ3v) is 6.66. The summed E-state index contributed by atoms with van der Waals surface area (Å²) in [5, 5.41) is 14.6. The van der Waals surface area contributed by atoms with Crippen LogP contribution in [0.3, 0.4) is 0 Å². The van der Waals surface area contributed by atoms with Gasteiger partial charge in [-0.2, -0.15) is 11.8 Å². The van der Waals surface area contributed by atoms with Crippen molar-refractivity contribution in [2.24, 2.45) is 0 Å². The number of ether oxygens (including phenoxy) is 2. The third kappa shape index (κ3) is 6.99. The fourth-order valence-electron chi connectivity index (χ4n) is 4.25. The number of hydrogen-bond acceptors (Lipinski definition) is 6. The lowest BCUT2D eigenvalue weighted by atomic mass is 9.98. The van der Waals surface area contributed by atoms with Crippen molar-refractivity contribution in [1.82, 2.24) is 10.6 Å². The highest BCUT2D eigenvalue weighted by Gasteiger charge is 2.30. The van der Waals surface area contributed by atoms with Crippen LogP contribution in [0, 0.1) is 0 Å². The number of carbonyl (C=O) groups is 3. The molecule has 3 N–H and O–H groups in total. The smallest absolute Gasteiger partial charge is 0.407 e. The molecule has 0 aromatic heterocycles. The molecule has 0 fully saturated rings. The van der Waals surface area contributed by atoms with E-state index in [0.717, 1.165) is 22.3 Å².